The lowest BCUT2D eigenvalue weighted by atomic mass is 10.2. The standard InChI is InChI=1S/C23H23F3N4O3.C16H17F3N4O3/c1-2-33-18-10-8-17(9-11-18)21(31)27-12-13-28-22(32)19-15-30(29-20(19)23(24,25)26)14-16-6-4-3-5-7-16;1-2-26-11-5-3-10(4-6-11)14(24)20-7-8-21-15(25)12-9-22-23-13(12)16(17,18)19/h3-11,15H,2,12-14H2,1H3,(H,27,31)(H,28,32);3-6,9H,2,7-8H2,1H3,(H,20,24)(H,21,25)(H,22,23). The minimum absolute atomic E-state index is 0.0376. The van der Waals surface area contributed by atoms with Crippen molar-refractivity contribution < 1.29 is 55.0 Å². The molecule has 0 atom stereocenters. The van der Waals surface area contributed by atoms with Crippen LogP contribution < -0.4 is 30.7 Å². The summed E-state index contributed by atoms with van der Waals surface area (Å²) >= 11 is 0. The molecule has 0 aliphatic rings. The molecule has 0 spiro atoms. The second-order valence-electron chi connectivity index (χ2n) is 12.2. The number of nitrogens with one attached hydrogen (secondary N) is 5. The van der Waals surface area contributed by atoms with E-state index in [1.807, 2.05) is 13.8 Å². The van der Waals surface area contributed by atoms with Crippen LogP contribution in [-0.4, -0.2) is 83.0 Å². The van der Waals surface area contributed by atoms with Gasteiger partial charge in [-0.1, -0.05) is 30.3 Å². The Morgan fingerprint density at radius 2 is 1.08 bits per heavy atom. The Morgan fingerprint density at radius 3 is 1.53 bits per heavy atom. The number of aromatic amines is 1. The van der Waals surface area contributed by atoms with Crippen LogP contribution in [0.2, 0.25) is 0 Å². The summed E-state index contributed by atoms with van der Waals surface area (Å²) in [5.41, 5.74) is -2.10. The van der Waals surface area contributed by atoms with E-state index in [0.717, 1.165) is 22.6 Å². The molecule has 0 fully saturated rings. The third kappa shape index (κ3) is 13.6. The monoisotopic (exact) mass is 830 g/mol. The second-order valence-corrected chi connectivity index (χ2v) is 12.2. The molecule has 0 radical (unpaired) electrons. The molecule has 5 aromatic rings. The van der Waals surface area contributed by atoms with Gasteiger partial charge in [0.25, 0.3) is 23.6 Å². The molecule has 0 saturated heterocycles. The number of ether oxygens (including phenoxy) is 2. The third-order valence-electron chi connectivity index (χ3n) is 7.88. The number of amides is 4. The van der Waals surface area contributed by atoms with E-state index in [0.29, 0.717) is 35.8 Å². The summed E-state index contributed by atoms with van der Waals surface area (Å²) in [6.07, 6.45) is -7.61. The van der Waals surface area contributed by atoms with Crippen LogP contribution in [0.4, 0.5) is 26.3 Å². The van der Waals surface area contributed by atoms with Crippen LogP contribution in [0.5, 0.6) is 11.5 Å². The van der Waals surface area contributed by atoms with Gasteiger partial charge in [0.2, 0.25) is 0 Å². The smallest absolute Gasteiger partial charge is 0.435 e. The lowest BCUT2D eigenvalue weighted by Crippen LogP contribution is -2.35. The van der Waals surface area contributed by atoms with Crippen molar-refractivity contribution in [2.45, 2.75) is 32.7 Å². The van der Waals surface area contributed by atoms with Gasteiger partial charge < -0.3 is 30.7 Å². The predicted molar refractivity (Wildman–Crippen MR) is 201 cm³/mol. The van der Waals surface area contributed by atoms with Crippen molar-refractivity contribution in [2.24, 2.45) is 0 Å². The molecule has 14 nitrogen and oxygen atoms in total. The summed E-state index contributed by atoms with van der Waals surface area (Å²) in [5.74, 6) is -1.33. The predicted octanol–water partition coefficient (Wildman–Crippen LogP) is 5.50. The van der Waals surface area contributed by atoms with Crippen molar-refractivity contribution in [3.05, 3.63) is 130 Å². The molecule has 0 bridgehead atoms. The lowest BCUT2D eigenvalue weighted by molar-refractivity contribution is -0.142. The molecule has 4 amide bonds. The summed E-state index contributed by atoms with van der Waals surface area (Å²) in [6.45, 7) is 4.80. The summed E-state index contributed by atoms with van der Waals surface area (Å²) in [6, 6.07) is 21.8. The molecular formula is C39H40F6N8O6. The number of hydrogen-bond donors (Lipinski definition) is 5. The van der Waals surface area contributed by atoms with E-state index < -0.39 is 46.7 Å². The molecule has 2 aromatic heterocycles. The van der Waals surface area contributed by atoms with Crippen molar-refractivity contribution in [1.82, 2.24) is 41.2 Å². The Morgan fingerprint density at radius 1 is 0.627 bits per heavy atom. The van der Waals surface area contributed by atoms with Crippen LogP contribution in [0.3, 0.4) is 0 Å². The first-order valence-electron chi connectivity index (χ1n) is 18.0. The van der Waals surface area contributed by atoms with E-state index in [-0.39, 0.29) is 44.5 Å². The van der Waals surface area contributed by atoms with Crippen LogP contribution in [0, 0.1) is 0 Å². The van der Waals surface area contributed by atoms with E-state index in [1.54, 1.807) is 84.0 Å². The molecule has 59 heavy (non-hydrogen) atoms. The van der Waals surface area contributed by atoms with Crippen LogP contribution in [0.15, 0.2) is 91.3 Å². The highest BCUT2D eigenvalue weighted by Crippen LogP contribution is 2.31. The van der Waals surface area contributed by atoms with Crippen molar-refractivity contribution >= 4 is 23.6 Å². The molecule has 0 saturated carbocycles. The molecule has 0 aliphatic heterocycles. The van der Waals surface area contributed by atoms with E-state index in [2.05, 4.69) is 31.5 Å². The van der Waals surface area contributed by atoms with Gasteiger partial charge in [-0.25, -0.2) is 0 Å². The Labute approximate surface area is 333 Å². The van der Waals surface area contributed by atoms with Gasteiger partial charge in [0.15, 0.2) is 11.4 Å². The average molecular weight is 831 g/mol. The van der Waals surface area contributed by atoms with Crippen molar-refractivity contribution in [1.29, 1.82) is 0 Å². The first kappa shape index (κ1) is 44.8. The number of aromatic nitrogens is 4. The summed E-state index contributed by atoms with van der Waals surface area (Å²) in [7, 11) is 0. The fraction of sp³-hybridized carbons (Fsp3) is 0.282. The topological polar surface area (TPSA) is 181 Å². The minimum Gasteiger partial charge on any atom is -0.494 e. The van der Waals surface area contributed by atoms with Gasteiger partial charge in [0.05, 0.1) is 37.1 Å². The Balaban J connectivity index is 0.000000268. The molecule has 20 heteroatoms. The van der Waals surface area contributed by atoms with Crippen LogP contribution >= 0.6 is 0 Å². The fourth-order valence-corrected chi connectivity index (χ4v) is 5.16. The van der Waals surface area contributed by atoms with Crippen LogP contribution in [0.25, 0.3) is 0 Å². The normalized spacial score (nSPS) is 11.1. The maximum atomic E-state index is 13.4. The van der Waals surface area contributed by atoms with E-state index in [9.17, 15) is 45.5 Å². The van der Waals surface area contributed by atoms with Gasteiger partial charge in [0.1, 0.15) is 11.5 Å². The fourth-order valence-electron chi connectivity index (χ4n) is 5.16. The molecule has 5 rings (SSSR count). The van der Waals surface area contributed by atoms with E-state index in [1.165, 1.54) is 0 Å². The summed E-state index contributed by atoms with van der Waals surface area (Å²) in [5, 5.41) is 18.4. The number of alkyl halides is 6. The highest BCUT2D eigenvalue weighted by molar-refractivity contribution is 5.97. The Kier molecular flexibility index (Phi) is 16.0. The lowest BCUT2D eigenvalue weighted by Gasteiger charge is -2.09. The van der Waals surface area contributed by atoms with Crippen molar-refractivity contribution in [2.75, 3.05) is 39.4 Å². The number of rotatable bonds is 16. The maximum absolute atomic E-state index is 13.4. The number of carbonyl (C=O) groups is 4. The number of nitrogens with zero attached hydrogens (tertiary/aromatic N) is 3. The first-order chi connectivity index (χ1) is 28.1. The maximum Gasteiger partial charge on any atom is 0.435 e. The highest BCUT2D eigenvalue weighted by Gasteiger charge is 2.39. The quantitative estimate of drug-likeness (QED) is 0.0639. The molecular weight excluding hydrogens is 790 g/mol. The van der Waals surface area contributed by atoms with E-state index in [4.69, 9.17) is 9.47 Å². The first-order valence-corrected chi connectivity index (χ1v) is 18.0. The van der Waals surface area contributed by atoms with Crippen LogP contribution in [0.1, 0.15) is 72.2 Å². The Bertz CT molecular complexity index is 2140. The molecule has 0 aliphatic carbocycles. The number of H-pyrrole nitrogens is 1. The zero-order chi connectivity index (χ0) is 43.0. The molecule has 0 unspecified atom stereocenters. The van der Waals surface area contributed by atoms with Gasteiger partial charge in [-0.2, -0.15) is 36.5 Å². The zero-order valence-electron chi connectivity index (χ0n) is 31.7. The molecule has 314 valence electrons. The number of benzene rings is 3. The van der Waals surface area contributed by atoms with Gasteiger partial charge in [-0.3, -0.25) is 29.0 Å². The second kappa shape index (κ2) is 21.1. The number of hydrogen-bond acceptors (Lipinski definition) is 8. The highest BCUT2D eigenvalue weighted by atomic mass is 19.4. The van der Waals surface area contributed by atoms with Gasteiger partial charge in [0, 0.05) is 43.5 Å². The zero-order valence-corrected chi connectivity index (χ0v) is 31.7. The summed E-state index contributed by atoms with van der Waals surface area (Å²) in [4.78, 5) is 48.3. The van der Waals surface area contributed by atoms with Gasteiger partial charge >= 0.3 is 12.4 Å². The van der Waals surface area contributed by atoms with Gasteiger partial charge in [-0.05, 0) is 67.9 Å². The largest absolute Gasteiger partial charge is 0.494 e. The molecule has 3 aromatic carbocycles. The Hall–Kier alpha value is -6.86. The summed E-state index contributed by atoms with van der Waals surface area (Å²) < 4.78 is 89.9. The number of carbonyl (C=O) groups excluding carboxylic acids is 4. The third-order valence-corrected chi connectivity index (χ3v) is 7.88. The molecule has 2 heterocycles. The minimum atomic E-state index is -4.78. The average Bonchev–Trinajstić information content (AvgIpc) is 3.89. The van der Waals surface area contributed by atoms with E-state index >= 15 is 0 Å². The van der Waals surface area contributed by atoms with Crippen molar-refractivity contribution in [3.8, 4) is 11.5 Å². The van der Waals surface area contributed by atoms with Crippen LogP contribution in [-0.2, 0) is 18.9 Å². The van der Waals surface area contributed by atoms with Gasteiger partial charge in [-0.15, -0.1) is 0 Å². The number of halogens is 6. The SMILES string of the molecule is CCOc1ccc(C(=O)NCCNC(=O)c2cn(Cc3ccccc3)nc2C(F)(F)F)cc1.CCOc1ccc(C(=O)NCCNC(=O)c2cn[nH]c2C(F)(F)F)cc1. The molecule has 5 N–H and O–H groups in total. The van der Waals surface area contributed by atoms with Crippen molar-refractivity contribution in [3.63, 3.8) is 0 Å².